The fourth-order valence-electron chi connectivity index (χ4n) is 5.87. The SMILES string of the molecule is Cc1nc2cc(C(=O)NCc3ccc4c(c3)OCO4)nn2c(-c2cc(F)c3c(c2C)CCCO3)c1[C@@H]1OC(C)(C)OC1=O. The summed E-state index contributed by atoms with van der Waals surface area (Å²) in [5.74, 6) is -1.22. The van der Waals surface area contributed by atoms with Gasteiger partial charge in [0.1, 0.15) is 0 Å². The van der Waals surface area contributed by atoms with Gasteiger partial charge in [0.25, 0.3) is 5.91 Å². The maximum atomic E-state index is 15.5. The molecule has 4 aromatic rings. The number of aromatic nitrogens is 3. The van der Waals surface area contributed by atoms with E-state index in [0.29, 0.717) is 52.7 Å². The minimum atomic E-state index is -1.17. The van der Waals surface area contributed by atoms with Gasteiger partial charge in [-0.2, -0.15) is 5.10 Å². The van der Waals surface area contributed by atoms with Crippen LogP contribution in [0.1, 0.15) is 64.8 Å². The number of aryl methyl sites for hydroxylation is 1. The Labute approximate surface area is 245 Å². The van der Waals surface area contributed by atoms with E-state index in [1.165, 1.54) is 10.6 Å². The number of nitrogens with one attached hydrogen (secondary N) is 1. The van der Waals surface area contributed by atoms with Crippen molar-refractivity contribution in [3.63, 3.8) is 0 Å². The van der Waals surface area contributed by atoms with Gasteiger partial charge in [0, 0.05) is 48.8 Å². The summed E-state index contributed by atoms with van der Waals surface area (Å²) in [6.07, 6.45) is 0.246. The van der Waals surface area contributed by atoms with Crippen LogP contribution in [0.3, 0.4) is 0 Å². The molecule has 0 radical (unpaired) electrons. The van der Waals surface area contributed by atoms with Gasteiger partial charge in [-0.3, -0.25) is 4.79 Å². The molecule has 0 saturated carbocycles. The number of ether oxygens (including phenoxy) is 5. The van der Waals surface area contributed by atoms with Crippen LogP contribution in [-0.4, -0.2) is 45.7 Å². The molecule has 43 heavy (non-hydrogen) atoms. The van der Waals surface area contributed by atoms with E-state index < -0.39 is 29.6 Å². The van der Waals surface area contributed by atoms with Crippen molar-refractivity contribution in [3.8, 4) is 28.5 Å². The van der Waals surface area contributed by atoms with Gasteiger partial charge in [-0.05, 0) is 56.0 Å². The summed E-state index contributed by atoms with van der Waals surface area (Å²) in [5, 5.41) is 7.49. The Balaban J connectivity index is 1.34. The van der Waals surface area contributed by atoms with E-state index in [2.05, 4.69) is 15.4 Å². The lowest BCUT2D eigenvalue weighted by Gasteiger charge is -2.24. The van der Waals surface area contributed by atoms with Gasteiger partial charge in [0.2, 0.25) is 12.6 Å². The first-order valence-corrected chi connectivity index (χ1v) is 14.0. The van der Waals surface area contributed by atoms with Crippen LogP contribution in [0.15, 0.2) is 30.3 Å². The normalized spacial score (nSPS) is 18.3. The smallest absolute Gasteiger partial charge is 0.342 e. The lowest BCUT2D eigenvalue weighted by atomic mass is 9.91. The topological polar surface area (TPSA) is 123 Å². The monoisotopic (exact) mass is 588 g/mol. The first kappa shape index (κ1) is 27.1. The van der Waals surface area contributed by atoms with Gasteiger partial charge in [-0.1, -0.05) is 6.07 Å². The van der Waals surface area contributed by atoms with Crippen LogP contribution in [-0.2, 0) is 27.2 Å². The molecule has 12 heteroatoms. The number of cyclic esters (lactones) is 1. The van der Waals surface area contributed by atoms with Gasteiger partial charge in [0.05, 0.1) is 12.3 Å². The van der Waals surface area contributed by atoms with Gasteiger partial charge in [-0.25, -0.2) is 18.7 Å². The molecule has 222 valence electrons. The number of fused-ring (bicyclic) bond motifs is 3. The Morgan fingerprint density at radius 3 is 2.74 bits per heavy atom. The maximum Gasteiger partial charge on any atom is 0.342 e. The Morgan fingerprint density at radius 1 is 1.14 bits per heavy atom. The Hall–Kier alpha value is -4.71. The molecule has 1 amide bonds. The molecule has 1 saturated heterocycles. The van der Waals surface area contributed by atoms with Crippen molar-refractivity contribution >= 4 is 17.5 Å². The second-order valence-electron chi connectivity index (χ2n) is 11.2. The molecule has 3 aliphatic heterocycles. The fourth-order valence-corrected chi connectivity index (χ4v) is 5.87. The summed E-state index contributed by atoms with van der Waals surface area (Å²) in [6, 6.07) is 8.37. The number of benzene rings is 2. The standard InChI is InChI=1S/C31H29FN4O7/c1-15-18-6-5-9-39-27(18)20(32)11-19(15)26-25(28-30(38)43-31(3,4)42-28)16(2)34-24-12-21(35-36(24)26)29(37)33-13-17-7-8-22-23(10-17)41-14-40-22/h7-8,10-12,28H,5-6,9,13-14H2,1-4H3,(H,33,37)/t28-/m0/s1. The second kappa shape index (κ2) is 9.94. The number of esters is 1. The van der Waals surface area contributed by atoms with E-state index in [1.54, 1.807) is 39.0 Å². The molecule has 7 rings (SSSR count). The summed E-state index contributed by atoms with van der Waals surface area (Å²) in [5.41, 5.74) is 4.52. The predicted molar refractivity (Wildman–Crippen MR) is 149 cm³/mol. The van der Waals surface area contributed by atoms with Gasteiger partial charge in [-0.15, -0.1) is 0 Å². The molecule has 2 aromatic heterocycles. The van der Waals surface area contributed by atoms with Gasteiger partial charge >= 0.3 is 5.97 Å². The highest BCUT2D eigenvalue weighted by Crippen LogP contribution is 2.44. The van der Waals surface area contributed by atoms with Gasteiger partial charge < -0.3 is 29.0 Å². The van der Waals surface area contributed by atoms with Crippen LogP contribution >= 0.6 is 0 Å². The largest absolute Gasteiger partial charge is 0.490 e. The zero-order chi connectivity index (χ0) is 30.0. The third-order valence-corrected chi connectivity index (χ3v) is 7.87. The minimum absolute atomic E-state index is 0.0979. The highest BCUT2D eigenvalue weighted by Gasteiger charge is 2.45. The number of hydrogen-bond acceptors (Lipinski definition) is 9. The lowest BCUT2D eigenvalue weighted by Crippen LogP contribution is -2.23. The van der Waals surface area contributed by atoms with E-state index in [9.17, 15) is 9.59 Å². The average molecular weight is 589 g/mol. The quantitative estimate of drug-likeness (QED) is 0.336. The number of amides is 1. The van der Waals surface area contributed by atoms with Crippen molar-refractivity contribution in [2.75, 3.05) is 13.4 Å². The molecule has 0 bridgehead atoms. The Kier molecular flexibility index (Phi) is 6.27. The summed E-state index contributed by atoms with van der Waals surface area (Å²) < 4.78 is 44.9. The summed E-state index contributed by atoms with van der Waals surface area (Å²) in [6.45, 7) is 7.72. The fraction of sp³-hybridized carbons (Fsp3) is 0.355. The van der Waals surface area contributed by atoms with E-state index in [4.69, 9.17) is 23.7 Å². The van der Waals surface area contributed by atoms with E-state index >= 15 is 4.39 Å². The number of carbonyl (C=O) groups is 2. The molecule has 0 spiro atoms. The van der Waals surface area contributed by atoms with E-state index in [0.717, 1.165) is 23.1 Å². The van der Waals surface area contributed by atoms with Crippen LogP contribution < -0.4 is 19.5 Å². The molecule has 5 heterocycles. The minimum Gasteiger partial charge on any atom is -0.490 e. The summed E-state index contributed by atoms with van der Waals surface area (Å²) >= 11 is 0. The molecular formula is C31H29FN4O7. The molecule has 3 aliphatic rings. The van der Waals surface area contributed by atoms with Crippen molar-refractivity contribution in [1.29, 1.82) is 0 Å². The summed E-state index contributed by atoms with van der Waals surface area (Å²) in [4.78, 5) is 31.0. The van der Waals surface area contributed by atoms with Crippen LogP contribution in [0.25, 0.3) is 16.9 Å². The number of rotatable bonds is 5. The van der Waals surface area contributed by atoms with E-state index in [1.807, 2.05) is 13.0 Å². The average Bonchev–Trinajstić information content (AvgIpc) is 3.69. The van der Waals surface area contributed by atoms with Crippen LogP contribution in [0, 0.1) is 19.7 Å². The highest BCUT2D eigenvalue weighted by molar-refractivity contribution is 5.94. The Morgan fingerprint density at radius 2 is 1.95 bits per heavy atom. The number of carbonyl (C=O) groups excluding carboxylic acids is 2. The predicted octanol–water partition coefficient (Wildman–Crippen LogP) is 4.49. The molecule has 1 atom stereocenters. The molecule has 2 aromatic carbocycles. The first-order valence-electron chi connectivity index (χ1n) is 14.0. The zero-order valence-electron chi connectivity index (χ0n) is 24.1. The first-order chi connectivity index (χ1) is 20.6. The van der Waals surface area contributed by atoms with Crippen LogP contribution in [0.5, 0.6) is 17.2 Å². The van der Waals surface area contributed by atoms with Crippen LogP contribution in [0.4, 0.5) is 4.39 Å². The molecule has 11 nitrogen and oxygen atoms in total. The number of hydrogen-bond donors (Lipinski definition) is 1. The molecular weight excluding hydrogens is 559 g/mol. The van der Waals surface area contributed by atoms with Crippen LogP contribution in [0.2, 0.25) is 0 Å². The lowest BCUT2D eigenvalue weighted by molar-refractivity contribution is -0.160. The molecule has 0 aliphatic carbocycles. The van der Waals surface area contributed by atoms with Gasteiger partial charge in [0.15, 0.2) is 40.5 Å². The van der Waals surface area contributed by atoms with Crippen molar-refractivity contribution in [2.45, 2.75) is 59.0 Å². The molecule has 0 unspecified atom stereocenters. The zero-order valence-corrected chi connectivity index (χ0v) is 24.1. The summed E-state index contributed by atoms with van der Waals surface area (Å²) in [7, 11) is 0. The molecule has 1 N–H and O–H groups in total. The third-order valence-electron chi connectivity index (χ3n) is 7.87. The van der Waals surface area contributed by atoms with E-state index in [-0.39, 0.29) is 24.8 Å². The third kappa shape index (κ3) is 4.62. The molecule has 1 fully saturated rings. The van der Waals surface area contributed by atoms with Crippen molar-refractivity contribution in [1.82, 2.24) is 19.9 Å². The number of halogens is 1. The second-order valence-corrected chi connectivity index (χ2v) is 11.2. The highest BCUT2D eigenvalue weighted by atomic mass is 19.1. The number of nitrogens with zero attached hydrogens (tertiary/aromatic N) is 3. The van der Waals surface area contributed by atoms with Crippen molar-refractivity contribution in [2.24, 2.45) is 0 Å². The maximum absolute atomic E-state index is 15.5. The van der Waals surface area contributed by atoms with Crippen molar-refractivity contribution < 1.29 is 37.7 Å². The Bertz CT molecular complexity index is 1830. The van der Waals surface area contributed by atoms with Crippen molar-refractivity contribution in [3.05, 3.63) is 69.8 Å².